The van der Waals surface area contributed by atoms with E-state index in [2.05, 4.69) is 20.8 Å². The molecule has 1 saturated heterocycles. The van der Waals surface area contributed by atoms with Gasteiger partial charge >= 0.3 is 0 Å². The molecule has 2 aliphatic rings. The minimum atomic E-state index is -0.205. The first-order valence-electron chi connectivity index (χ1n) is 6.48. The smallest absolute Gasteiger partial charge is 0.230 e. The van der Waals surface area contributed by atoms with Gasteiger partial charge in [0.05, 0.1) is 5.41 Å². The molecule has 0 spiro atoms. The van der Waals surface area contributed by atoms with E-state index in [4.69, 9.17) is 5.73 Å². The highest BCUT2D eigenvalue weighted by molar-refractivity contribution is 5.84. The normalized spacial score (nSPS) is 43.2. The van der Waals surface area contributed by atoms with Gasteiger partial charge < -0.3 is 10.6 Å². The van der Waals surface area contributed by atoms with Crippen molar-refractivity contribution in [1.82, 2.24) is 4.90 Å². The van der Waals surface area contributed by atoms with Gasteiger partial charge in [-0.15, -0.1) is 0 Å². The van der Waals surface area contributed by atoms with Crippen molar-refractivity contribution in [2.75, 3.05) is 19.6 Å². The molecule has 2 fully saturated rings. The van der Waals surface area contributed by atoms with Gasteiger partial charge in [-0.25, -0.2) is 0 Å². The van der Waals surface area contributed by atoms with E-state index in [0.717, 1.165) is 25.9 Å². The van der Waals surface area contributed by atoms with Gasteiger partial charge in [-0.3, -0.25) is 4.79 Å². The number of hydrogen-bond donors (Lipinski definition) is 1. The Morgan fingerprint density at radius 2 is 1.75 bits per heavy atom. The first-order chi connectivity index (χ1) is 7.48. The summed E-state index contributed by atoms with van der Waals surface area (Å²) in [6.45, 7) is 9.05. The summed E-state index contributed by atoms with van der Waals surface area (Å²) in [4.78, 5) is 14.5. The molecule has 2 atom stereocenters. The van der Waals surface area contributed by atoms with Crippen LogP contribution in [0.25, 0.3) is 0 Å². The third-order valence-corrected chi connectivity index (χ3v) is 4.60. The predicted molar refractivity (Wildman–Crippen MR) is 64.8 cm³/mol. The molecule has 16 heavy (non-hydrogen) atoms. The molecule has 2 N–H and O–H groups in total. The van der Waals surface area contributed by atoms with Crippen LogP contribution in [0, 0.1) is 23.2 Å². The topological polar surface area (TPSA) is 46.3 Å². The Balaban J connectivity index is 2.02. The van der Waals surface area contributed by atoms with Crippen molar-refractivity contribution in [2.24, 2.45) is 28.9 Å². The number of nitrogens with zero attached hydrogens (tertiary/aromatic N) is 1. The zero-order valence-corrected chi connectivity index (χ0v) is 10.7. The molecule has 0 bridgehead atoms. The largest absolute Gasteiger partial charge is 0.342 e. The minimum absolute atomic E-state index is 0.205. The molecule has 1 aliphatic carbocycles. The molecule has 1 heterocycles. The molecule has 2 unspecified atom stereocenters. The highest BCUT2D eigenvalue weighted by Crippen LogP contribution is 2.46. The van der Waals surface area contributed by atoms with E-state index in [0.29, 0.717) is 30.2 Å². The van der Waals surface area contributed by atoms with Crippen molar-refractivity contribution in [3.8, 4) is 0 Å². The SMILES string of the molecule is CC1CC(CN)(C(=O)N2CC(C)C(C)C2)C1. The van der Waals surface area contributed by atoms with Gasteiger partial charge in [0.1, 0.15) is 0 Å². The van der Waals surface area contributed by atoms with E-state index < -0.39 is 0 Å². The average Bonchev–Trinajstić information content (AvgIpc) is 2.53. The Kier molecular flexibility index (Phi) is 2.99. The van der Waals surface area contributed by atoms with Crippen molar-refractivity contribution in [3.05, 3.63) is 0 Å². The van der Waals surface area contributed by atoms with Gasteiger partial charge in [-0.1, -0.05) is 20.8 Å². The Hall–Kier alpha value is -0.570. The van der Waals surface area contributed by atoms with E-state index in [1.165, 1.54) is 0 Å². The summed E-state index contributed by atoms with van der Waals surface area (Å²) in [7, 11) is 0. The van der Waals surface area contributed by atoms with Crippen molar-refractivity contribution in [2.45, 2.75) is 33.6 Å². The highest BCUT2D eigenvalue weighted by atomic mass is 16.2. The number of carbonyl (C=O) groups is 1. The van der Waals surface area contributed by atoms with E-state index in [9.17, 15) is 4.79 Å². The van der Waals surface area contributed by atoms with Gasteiger partial charge in [-0.05, 0) is 30.6 Å². The summed E-state index contributed by atoms with van der Waals surface area (Å²) in [6.07, 6.45) is 1.98. The number of nitrogens with two attached hydrogens (primary N) is 1. The monoisotopic (exact) mass is 224 g/mol. The molecule has 1 saturated carbocycles. The van der Waals surface area contributed by atoms with Gasteiger partial charge in [0, 0.05) is 19.6 Å². The molecule has 0 radical (unpaired) electrons. The number of hydrogen-bond acceptors (Lipinski definition) is 2. The van der Waals surface area contributed by atoms with Crippen molar-refractivity contribution in [1.29, 1.82) is 0 Å². The molecule has 3 nitrogen and oxygen atoms in total. The van der Waals surface area contributed by atoms with Crippen LogP contribution in [0.1, 0.15) is 33.6 Å². The van der Waals surface area contributed by atoms with E-state index >= 15 is 0 Å². The fourth-order valence-electron chi connectivity index (χ4n) is 3.33. The van der Waals surface area contributed by atoms with Gasteiger partial charge in [0.15, 0.2) is 0 Å². The summed E-state index contributed by atoms with van der Waals surface area (Å²) >= 11 is 0. The molecule has 1 amide bonds. The van der Waals surface area contributed by atoms with Gasteiger partial charge in [-0.2, -0.15) is 0 Å². The molecular weight excluding hydrogens is 200 g/mol. The fourth-order valence-corrected chi connectivity index (χ4v) is 3.33. The zero-order chi connectivity index (χ0) is 11.9. The van der Waals surface area contributed by atoms with Crippen LogP contribution in [0.3, 0.4) is 0 Å². The predicted octanol–water partition coefficient (Wildman–Crippen LogP) is 1.48. The maximum atomic E-state index is 12.5. The summed E-state index contributed by atoms with van der Waals surface area (Å²) in [5, 5.41) is 0. The molecule has 3 heteroatoms. The lowest BCUT2D eigenvalue weighted by atomic mass is 9.62. The Morgan fingerprint density at radius 3 is 2.12 bits per heavy atom. The van der Waals surface area contributed by atoms with Crippen molar-refractivity contribution in [3.63, 3.8) is 0 Å². The summed E-state index contributed by atoms with van der Waals surface area (Å²) in [6, 6.07) is 0. The van der Waals surface area contributed by atoms with Crippen LogP contribution in [0.5, 0.6) is 0 Å². The minimum Gasteiger partial charge on any atom is -0.342 e. The maximum absolute atomic E-state index is 12.5. The summed E-state index contributed by atoms with van der Waals surface area (Å²) in [5.41, 5.74) is 5.62. The molecular formula is C13H24N2O. The molecule has 0 aromatic rings. The van der Waals surface area contributed by atoms with Crippen LogP contribution < -0.4 is 5.73 Å². The molecule has 0 aromatic carbocycles. The molecule has 92 valence electrons. The number of carbonyl (C=O) groups excluding carboxylic acids is 1. The second-order valence-corrected chi connectivity index (χ2v) is 6.16. The third kappa shape index (κ3) is 1.75. The van der Waals surface area contributed by atoms with E-state index in [1.54, 1.807) is 0 Å². The Morgan fingerprint density at radius 1 is 1.25 bits per heavy atom. The lowest BCUT2D eigenvalue weighted by Crippen LogP contribution is -2.54. The third-order valence-electron chi connectivity index (χ3n) is 4.60. The number of amides is 1. The number of rotatable bonds is 2. The standard InChI is InChI=1S/C13H24N2O/c1-9-4-13(5-9,8-14)12(16)15-6-10(2)11(3)7-15/h9-11H,4-8,14H2,1-3H3. The van der Waals surface area contributed by atoms with Crippen LogP contribution in [-0.4, -0.2) is 30.4 Å². The van der Waals surface area contributed by atoms with Crippen LogP contribution in [0.4, 0.5) is 0 Å². The van der Waals surface area contributed by atoms with Crippen molar-refractivity contribution >= 4 is 5.91 Å². The molecule has 1 aliphatic heterocycles. The second-order valence-electron chi connectivity index (χ2n) is 6.16. The molecule has 0 aromatic heterocycles. The number of likely N-dealkylation sites (tertiary alicyclic amines) is 1. The highest BCUT2D eigenvalue weighted by Gasteiger charge is 2.50. The summed E-state index contributed by atoms with van der Waals surface area (Å²) < 4.78 is 0. The van der Waals surface area contributed by atoms with Crippen LogP contribution in [0.15, 0.2) is 0 Å². The van der Waals surface area contributed by atoms with Crippen LogP contribution in [0.2, 0.25) is 0 Å². The fraction of sp³-hybridized carbons (Fsp3) is 0.923. The van der Waals surface area contributed by atoms with Crippen LogP contribution in [-0.2, 0) is 4.79 Å². The first-order valence-corrected chi connectivity index (χ1v) is 6.48. The maximum Gasteiger partial charge on any atom is 0.230 e. The Bertz CT molecular complexity index is 274. The first kappa shape index (κ1) is 11.9. The average molecular weight is 224 g/mol. The molecule has 2 rings (SSSR count). The van der Waals surface area contributed by atoms with Crippen LogP contribution >= 0.6 is 0 Å². The van der Waals surface area contributed by atoms with E-state index in [-0.39, 0.29) is 5.41 Å². The Labute approximate surface area is 98.4 Å². The van der Waals surface area contributed by atoms with Gasteiger partial charge in [0.25, 0.3) is 0 Å². The lowest BCUT2D eigenvalue weighted by molar-refractivity contribution is -0.148. The van der Waals surface area contributed by atoms with Gasteiger partial charge in [0.2, 0.25) is 5.91 Å². The second kappa shape index (κ2) is 4.02. The van der Waals surface area contributed by atoms with E-state index in [1.807, 2.05) is 4.90 Å². The lowest BCUT2D eigenvalue weighted by Gasteiger charge is -2.46. The quantitative estimate of drug-likeness (QED) is 0.772. The van der Waals surface area contributed by atoms with Crippen molar-refractivity contribution < 1.29 is 4.79 Å². The summed E-state index contributed by atoms with van der Waals surface area (Å²) in [5.74, 6) is 2.27. The zero-order valence-electron chi connectivity index (χ0n) is 10.7.